The summed E-state index contributed by atoms with van der Waals surface area (Å²) in [6.45, 7) is 2.05. The lowest BCUT2D eigenvalue weighted by atomic mass is 9.78. The maximum atomic E-state index is 13.0. The number of rotatable bonds is 5. The smallest absolute Gasteiger partial charge is 0.341 e. The number of aryl methyl sites for hydroxylation is 1. The standard InChI is InChI=1S/C20H25NO5S/c1-2-26-20(25)16-12-5-3-4-6-13(12)27-18(16)21-17(22)14-10-7-8-11(9-10)15(14)19(23)24/h10-11,14-15H,2-9H2,1H3,(H,21,22)(H,23,24)/t10-,11-,14+,15+/m0/s1. The Morgan fingerprint density at radius 1 is 1.15 bits per heavy atom. The second-order valence-electron chi connectivity index (χ2n) is 7.85. The molecule has 2 N–H and O–H groups in total. The Morgan fingerprint density at radius 2 is 1.85 bits per heavy atom. The van der Waals surface area contributed by atoms with E-state index < -0.39 is 23.8 Å². The highest BCUT2D eigenvalue weighted by molar-refractivity contribution is 7.17. The topological polar surface area (TPSA) is 92.7 Å². The number of anilines is 1. The van der Waals surface area contributed by atoms with Gasteiger partial charge in [0.15, 0.2) is 0 Å². The van der Waals surface area contributed by atoms with Crippen LogP contribution in [0.1, 0.15) is 59.8 Å². The van der Waals surface area contributed by atoms with Gasteiger partial charge in [0.25, 0.3) is 0 Å². The third-order valence-corrected chi connectivity index (χ3v) is 7.60. The summed E-state index contributed by atoms with van der Waals surface area (Å²) >= 11 is 1.45. The van der Waals surface area contributed by atoms with Gasteiger partial charge in [-0.15, -0.1) is 11.3 Å². The average Bonchev–Trinajstić information content (AvgIpc) is 3.33. The summed E-state index contributed by atoms with van der Waals surface area (Å²) in [6.07, 6.45) is 6.47. The van der Waals surface area contributed by atoms with Gasteiger partial charge < -0.3 is 15.2 Å². The Morgan fingerprint density at radius 3 is 2.56 bits per heavy atom. The molecule has 6 nitrogen and oxygen atoms in total. The van der Waals surface area contributed by atoms with Crippen LogP contribution in [0, 0.1) is 23.7 Å². The minimum Gasteiger partial charge on any atom is -0.481 e. The van der Waals surface area contributed by atoms with E-state index in [1.54, 1.807) is 6.92 Å². The van der Waals surface area contributed by atoms with Crippen LogP contribution in [-0.2, 0) is 27.2 Å². The van der Waals surface area contributed by atoms with Crippen molar-refractivity contribution in [1.29, 1.82) is 0 Å². The van der Waals surface area contributed by atoms with E-state index in [1.165, 1.54) is 11.3 Å². The Kier molecular flexibility index (Phi) is 4.97. The number of amides is 1. The minimum absolute atomic E-state index is 0.101. The molecule has 2 bridgehead atoms. The molecule has 1 amide bonds. The van der Waals surface area contributed by atoms with Gasteiger partial charge in [0, 0.05) is 4.88 Å². The number of carboxylic acid groups (broad SMARTS) is 1. The SMILES string of the molecule is CCOC(=O)c1c(NC(=O)[C@@H]2[C@H]3CC[C@@H](C3)[C@H]2C(=O)O)sc2c1CCCC2. The predicted octanol–water partition coefficient (Wildman–Crippen LogP) is 3.49. The zero-order valence-electron chi connectivity index (χ0n) is 15.5. The van der Waals surface area contributed by atoms with Crippen molar-refractivity contribution in [3.63, 3.8) is 0 Å². The molecule has 1 aromatic heterocycles. The number of ether oxygens (including phenoxy) is 1. The van der Waals surface area contributed by atoms with Gasteiger partial charge in [-0.05, 0) is 69.3 Å². The summed E-state index contributed by atoms with van der Waals surface area (Å²) in [5, 5.41) is 13.1. The number of nitrogens with one attached hydrogen (secondary N) is 1. The van der Waals surface area contributed by atoms with E-state index in [1.807, 2.05) is 0 Å². The molecule has 0 unspecified atom stereocenters. The fraction of sp³-hybridized carbons (Fsp3) is 0.650. The number of hydrogen-bond acceptors (Lipinski definition) is 5. The van der Waals surface area contributed by atoms with Crippen molar-refractivity contribution >= 4 is 34.2 Å². The first-order valence-electron chi connectivity index (χ1n) is 9.86. The number of hydrogen-bond donors (Lipinski definition) is 2. The average molecular weight is 391 g/mol. The molecule has 27 heavy (non-hydrogen) atoms. The Hall–Kier alpha value is -1.89. The lowest BCUT2D eigenvalue weighted by molar-refractivity contribution is -0.148. The molecular formula is C20H25NO5S. The molecule has 4 rings (SSSR count). The zero-order chi connectivity index (χ0) is 19.1. The van der Waals surface area contributed by atoms with Crippen LogP contribution < -0.4 is 5.32 Å². The summed E-state index contributed by atoms with van der Waals surface area (Å²) < 4.78 is 5.23. The third-order valence-electron chi connectivity index (χ3n) is 6.39. The van der Waals surface area contributed by atoms with Crippen LogP contribution in [0.2, 0.25) is 0 Å². The van der Waals surface area contributed by atoms with Crippen LogP contribution in [0.5, 0.6) is 0 Å². The van der Waals surface area contributed by atoms with Gasteiger partial charge in [-0.25, -0.2) is 4.79 Å². The molecule has 3 aliphatic rings. The molecule has 3 aliphatic carbocycles. The number of fused-ring (bicyclic) bond motifs is 3. The van der Waals surface area contributed by atoms with E-state index in [-0.39, 0.29) is 24.3 Å². The van der Waals surface area contributed by atoms with E-state index in [0.29, 0.717) is 10.6 Å². The van der Waals surface area contributed by atoms with Crippen LogP contribution in [0.3, 0.4) is 0 Å². The second kappa shape index (κ2) is 7.26. The van der Waals surface area contributed by atoms with Gasteiger partial charge >= 0.3 is 11.9 Å². The lowest BCUT2D eigenvalue weighted by Crippen LogP contribution is -2.38. The maximum absolute atomic E-state index is 13.0. The van der Waals surface area contributed by atoms with Crippen LogP contribution in [0.25, 0.3) is 0 Å². The largest absolute Gasteiger partial charge is 0.481 e. The Bertz CT molecular complexity index is 786. The number of aliphatic carboxylic acids is 1. The molecule has 1 heterocycles. The van der Waals surface area contributed by atoms with Gasteiger partial charge in [0.05, 0.1) is 24.0 Å². The minimum atomic E-state index is -0.876. The van der Waals surface area contributed by atoms with Crippen molar-refractivity contribution in [3.8, 4) is 0 Å². The monoisotopic (exact) mass is 391 g/mol. The van der Waals surface area contributed by atoms with Crippen molar-refractivity contribution in [2.75, 3.05) is 11.9 Å². The first-order valence-corrected chi connectivity index (χ1v) is 10.7. The molecular weight excluding hydrogens is 366 g/mol. The first kappa shape index (κ1) is 18.5. The Labute approximate surface area is 162 Å². The van der Waals surface area contributed by atoms with Gasteiger partial charge in [-0.1, -0.05) is 0 Å². The third kappa shape index (κ3) is 3.16. The van der Waals surface area contributed by atoms with Crippen LogP contribution in [0.15, 0.2) is 0 Å². The van der Waals surface area contributed by atoms with Crippen LogP contribution in [-0.4, -0.2) is 29.6 Å². The fourth-order valence-electron chi connectivity index (χ4n) is 5.29. The zero-order valence-corrected chi connectivity index (χ0v) is 16.3. The number of thiophene rings is 1. The molecule has 2 saturated carbocycles. The highest BCUT2D eigenvalue weighted by Crippen LogP contribution is 2.53. The summed E-state index contributed by atoms with van der Waals surface area (Å²) in [5.41, 5.74) is 1.49. The van der Waals surface area contributed by atoms with Crippen molar-refractivity contribution in [1.82, 2.24) is 0 Å². The highest BCUT2D eigenvalue weighted by atomic mass is 32.1. The number of carboxylic acids is 1. The molecule has 0 saturated heterocycles. The van der Waals surface area contributed by atoms with Gasteiger partial charge in [0.1, 0.15) is 5.00 Å². The van der Waals surface area contributed by atoms with E-state index in [9.17, 15) is 19.5 Å². The van der Waals surface area contributed by atoms with Gasteiger partial charge in [-0.2, -0.15) is 0 Å². The fourth-order valence-corrected chi connectivity index (χ4v) is 6.57. The quantitative estimate of drug-likeness (QED) is 0.750. The summed E-state index contributed by atoms with van der Waals surface area (Å²) in [5.74, 6) is -2.40. The molecule has 0 aliphatic heterocycles. The van der Waals surface area contributed by atoms with Crippen LogP contribution in [0.4, 0.5) is 5.00 Å². The number of esters is 1. The normalized spacial score (nSPS) is 28.6. The van der Waals surface area contributed by atoms with E-state index >= 15 is 0 Å². The Balaban J connectivity index is 1.62. The van der Waals surface area contributed by atoms with E-state index in [4.69, 9.17) is 4.74 Å². The van der Waals surface area contributed by atoms with E-state index in [0.717, 1.165) is 55.4 Å². The summed E-state index contributed by atoms with van der Waals surface area (Å²) in [4.78, 5) is 38.5. The molecule has 1 aromatic rings. The van der Waals surface area contributed by atoms with Crippen molar-refractivity contribution in [2.24, 2.45) is 23.7 Å². The number of carbonyl (C=O) groups is 3. The molecule has 4 atom stereocenters. The summed E-state index contributed by atoms with van der Waals surface area (Å²) in [7, 11) is 0. The highest BCUT2D eigenvalue weighted by Gasteiger charge is 2.54. The predicted molar refractivity (Wildman–Crippen MR) is 101 cm³/mol. The lowest BCUT2D eigenvalue weighted by Gasteiger charge is -2.26. The van der Waals surface area contributed by atoms with Crippen molar-refractivity contribution < 1.29 is 24.2 Å². The molecule has 2 fully saturated rings. The second-order valence-corrected chi connectivity index (χ2v) is 8.95. The van der Waals surface area contributed by atoms with Crippen molar-refractivity contribution in [2.45, 2.75) is 51.9 Å². The van der Waals surface area contributed by atoms with Gasteiger partial charge in [-0.3, -0.25) is 9.59 Å². The molecule has 0 aromatic carbocycles. The van der Waals surface area contributed by atoms with Crippen molar-refractivity contribution in [3.05, 3.63) is 16.0 Å². The molecule has 7 heteroatoms. The molecule has 0 spiro atoms. The molecule has 146 valence electrons. The maximum Gasteiger partial charge on any atom is 0.341 e. The summed E-state index contributed by atoms with van der Waals surface area (Å²) in [6, 6.07) is 0. The van der Waals surface area contributed by atoms with Crippen LogP contribution >= 0.6 is 11.3 Å². The number of carbonyl (C=O) groups excluding carboxylic acids is 2. The van der Waals surface area contributed by atoms with Gasteiger partial charge in [0.2, 0.25) is 5.91 Å². The van der Waals surface area contributed by atoms with E-state index in [2.05, 4.69) is 5.32 Å². The first-order chi connectivity index (χ1) is 13.0. The molecule has 0 radical (unpaired) electrons.